The summed E-state index contributed by atoms with van der Waals surface area (Å²) in [6.45, 7) is 3.89. The van der Waals surface area contributed by atoms with Gasteiger partial charge < -0.3 is 24.8 Å². The van der Waals surface area contributed by atoms with Crippen molar-refractivity contribution < 1.29 is 9.90 Å². The number of aromatic amines is 1. The van der Waals surface area contributed by atoms with Crippen LogP contribution < -0.4 is 5.56 Å². The molecule has 0 saturated carbocycles. The van der Waals surface area contributed by atoms with Crippen molar-refractivity contribution in [2.75, 3.05) is 60.5 Å². The van der Waals surface area contributed by atoms with Crippen molar-refractivity contribution >= 4 is 17.5 Å². The normalized spacial score (nSPS) is 20.7. The molecular weight excluding hydrogens is 344 g/mol. The molecule has 1 aromatic heterocycles. The quantitative estimate of drug-likeness (QED) is 0.717. The molecule has 8 heteroatoms. The lowest BCUT2D eigenvalue weighted by molar-refractivity contribution is 0.0779. The molecule has 1 saturated heterocycles. The average molecular weight is 371 g/mol. The van der Waals surface area contributed by atoms with Gasteiger partial charge in [0, 0.05) is 51.4 Å². The summed E-state index contributed by atoms with van der Waals surface area (Å²) in [5.74, 6) is 0.110. The third-order valence-electron chi connectivity index (χ3n) is 4.68. The maximum Gasteiger partial charge on any atom is 0.266 e. The monoisotopic (exact) mass is 370 g/mol. The summed E-state index contributed by atoms with van der Waals surface area (Å²) in [5.41, 5.74) is -0.0452. The Morgan fingerprint density at radius 1 is 1.32 bits per heavy atom. The highest BCUT2D eigenvalue weighted by molar-refractivity contribution is 6.30. The molecule has 0 spiro atoms. The number of halogens is 1. The van der Waals surface area contributed by atoms with E-state index in [2.05, 4.69) is 21.8 Å². The van der Waals surface area contributed by atoms with E-state index in [-0.39, 0.29) is 29.4 Å². The number of aromatic nitrogens is 1. The molecular formula is C17H27ClN4O3. The van der Waals surface area contributed by atoms with E-state index in [9.17, 15) is 14.7 Å². The van der Waals surface area contributed by atoms with Crippen LogP contribution in [0.5, 0.6) is 0 Å². The fraction of sp³-hybridized carbons (Fsp3) is 0.647. The third kappa shape index (κ3) is 5.28. The number of pyridine rings is 1. The highest BCUT2D eigenvalue weighted by Gasteiger charge is 2.35. The molecule has 0 unspecified atom stereocenters. The van der Waals surface area contributed by atoms with E-state index < -0.39 is 5.56 Å². The molecule has 0 aromatic carbocycles. The number of aliphatic hydroxyl groups is 1. The maximum atomic E-state index is 12.7. The van der Waals surface area contributed by atoms with E-state index in [0.717, 1.165) is 19.6 Å². The van der Waals surface area contributed by atoms with E-state index in [1.54, 1.807) is 4.90 Å². The van der Waals surface area contributed by atoms with Crippen LogP contribution >= 0.6 is 11.6 Å². The van der Waals surface area contributed by atoms with Gasteiger partial charge >= 0.3 is 0 Å². The molecule has 1 aliphatic rings. The minimum absolute atomic E-state index is 0.00345. The first-order valence-electron chi connectivity index (χ1n) is 8.43. The summed E-state index contributed by atoms with van der Waals surface area (Å²) in [5, 5.41) is 9.69. The van der Waals surface area contributed by atoms with Crippen LogP contribution in [0.25, 0.3) is 0 Å². The van der Waals surface area contributed by atoms with Gasteiger partial charge in [0.05, 0.1) is 5.56 Å². The number of nitrogens with one attached hydrogen (secondary N) is 1. The largest absolute Gasteiger partial charge is 0.396 e. The first-order chi connectivity index (χ1) is 11.8. The Balaban J connectivity index is 2.00. The van der Waals surface area contributed by atoms with E-state index in [1.807, 2.05) is 14.1 Å². The number of hydrogen-bond donors (Lipinski definition) is 2. The smallest absolute Gasteiger partial charge is 0.266 e. The Kier molecular flexibility index (Phi) is 7.01. The van der Waals surface area contributed by atoms with Gasteiger partial charge in [-0.15, -0.1) is 0 Å². The number of likely N-dealkylation sites (N-methyl/N-ethyl adjacent to an activating group) is 2. The average Bonchev–Trinajstić information content (AvgIpc) is 2.97. The third-order valence-corrected chi connectivity index (χ3v) is 4.96. The summed E-state index contributed by atoms with van der Waals surface area (Å²) < 4.78 is 0. The lowest BCUT2D eigenvalue weighted by Gasteiger charge is -2.25. The fourth-order valence-corrected chi connectivity index (χ4v) is 3.31. The molecule has 2 atom stereocenters. The molecule has 0 bridgehead atoms. The number of carbonyl (C=O) groups is 1. The number of carbonyl (C=O) groups excluding carboxylic acids is 1. The van der Waals surface area contributed by atoms with Crippen molar-refractivity contribution in [1.29, 1.82) is 0 Å². The molecule has 7 nitrogen and oxygen atoms in total. The molecule has 140 valence electrons. The fourth-order valence-electron chi connectivity index (χ4n) is 3.14. The Hall–Kier alpha value is -1.41. The van der Waals surface area contributed by atoms with Crippen LogP contribution in [-0.2, 0) is 0 Å². The second-order valence-electron chi connectivity index (χ2n) is 7.04. The molecule has 0 radical (unpaired) electrons. The first kappa shape index (κ1) is 19.9. The second kappa shape index (κ2) is 8.80. The number of aliphatic hydroxyl groups excluding tert-OH is 1. The molecule has 0 aliphatic carbocycles. The number of H-pyrrole nitrogens is 1. The molecule has 2 rings (SSSR count). The Bertz CT molecular complexity index is 649. The van der Waals surface area contributed by atoms with Gasteiger partial charge in [0.25, 0.3) is 11.5 Å². The van der Waals surface area contributed by atoms with Gasteiger partial charge in [-0.05, 0) is 33.1 Å². The minimum Gasteiger partial charge on any atom is -0.396 e. The molecule has 25 heavy (non-hydrogen) atoms. The number of rotatable bonds is 7. The molecule has 2 N–H and O–H groups in total. The van der Waals surface area contributed by atoms with Crippen LogP contribution in [0, 0.1) is 11.8 Å². The Morgan fingerprint density at radius 3 is 2.60 bits per heavy atom. The summed E-state index contributed by atoms with van der Waals surface area (Å²) in [6, 6.07) is 1.40. The predicted molar refractivity (Wildman–Crippen MR) is 98.1 cm³/mol. The SMILES string of the molecule is CN(C)CCN(C)C[C@@H]1CN(C(=O)c2c[nH]c(=O)c(Cl)c2)C[C@@H]1CO. The van der Waals surface area contributed by atoms with Gasteiger partial charge in [-0.3, -0.25) is 9.59 Å². The van der Waals surface area contributed by atoms with E-state index in [0.29, 0.717) is 18.7 Å². The van der Waals surface area contributed by atoms with Crippen molar-refractivity contribution in [3.8, 4) is 0 Å². The molecule has 1 aromatic rings. The van der Waals surface area contributed by atoms with Gasteiger partial charge in [-0.1, -0.05) is 11.6 Å². The van der Waals surface area contributed by atoms with E-state index >= 15 is 0 Å². The maximum absolute atomic E-state index is 12.7. The zero-order valence-corrected chi connectivity index (χ0v) is 15.8. The first-order valence-corrected chi connectivity index (χ1v) is 8.81. The molecule has 1 fully saturated rings. The zero-order chi connectivity index (χ0) is 18.6. The van der Waals surface area contributed by atoms with Crippen LogP contribution in [0.4, 0.5) is 0 Å². The zero-order valence-electron chi connectivity index (χ0n) is 15.0. The van der Waals surface area contributed by atoms with Gasteiger partial charge in [0.15, 0.2) is 0 Å². The lowest BCUT2D eigenvalue weighted by atomic mass is 9.96. The number of hydrogen-bond acceptors (Lipinski definition) is 5. The van der Waals surface area contributed by atoms with Gasteiger partial charge in [0.1, 0.15) is 5.02 Å². The second-order valence-corrected chi connectivity index (χ2v) is 7.45. The van der Waals surface area contributed by atoms with Gasteiger partial charge in [0.2, 0.25) is 0 Å². The lowest BCUT2D eigenvalue weighted by Crippen LogP contribution is -2.35. The van der Waals surface area contributed by atoms with Crippen LogP contribution in [0.2, 0.25) is 5.02 Å². The van der Waals surface area contributed by atoms with Crippen molar-refractivity contribution in [3.63, 3.8) is 0 Å². The van der Waals surface area contributed by atoms with E-state index in [4.69, 9.17) is 11.6 Å². The van der Waals surface area contributed by atoms with Gasteiger partial charge in [-0.2, -0.15) is 0 Å². The molecule has 2 heterocycles. The summed E-state index contributed by atoms with van der Waals surface area (Å²) in [6.07, 6.45) is 1.39. The van der Waals surface area contributed by atoms with Crippen LogP contribution in [0.15, 0.2) is 17.1 Å². The summed E-state index contributed by atoms with van der Waals surface area (Å²) >= 11 is 5.81. The standard InChI is InChI=1S/C17H27ClN4O3/c1-20(2)4-5-21(3)8-13-9-22(10-14(13)11-23)17(25)12-6-15(18)16(24)19-7-12/h6-7,13-14,23H,4-5,8-11H2,1-3H3,(H,19,24)/t13-,14-/m1/s1. The van der Waals surface area contributed by atoms with Gasteiger partial charge in [-0.25, -0.2) is 0 Å². The van der Waals surface area contributed by atoms with Crippen molar-refractivity contribution in [2.45, 2.75) is 0 Å². The Morgan fingerprint density at radius 2 is 2.00 bits per heavy atom. The van der Waals surface area contributed by atoms with Crippen molar-refractivity contribution in [2.24, 2.45) is 11.8 Å². The number of likely N-dealkylation sites (tertiary alicyclic amines) is 1. The van der Waals surface area contributed by atoms with Crippen LogP contribution in [-0.4, -0.2) is 91.2 Å². The topological polar surface area (TPSA) is 79.9 Å². The Labute approximate surface area is 153 Å². The van der Waals surface area contributed by atoms with E-state index in [1.165, 1.54) is 12.3 Å². The highest BCUT2D eigenvalue weighted by Crippen LogP contribution is 2.25. The van der Waals surface area contributed by atoms with Crippen molar-refractivity contribution in [1.82, 2.24) is 19.7 Å². The summed E-state index contributed by atoms with van der Waals surface area (Å²) in [7, 11) is 6.13. The van der Waals surface area contributed by atoms with Crippen LogP contribution in [0.3, 0.4) is 0 Å². The predicted octanol–water partition coefficient (Wildman–Crippen LogP) is 0.202. The number of amides is 1. The van der Waals surface area contributed by atoms with Crippen LogP contribution in [0.1, 0.15) is 10.4 Å². The molecule has 1 amide bonds. The number of nitrogens with zero attached hydrogens (tertiary/aromatic N) is 3. The summed E-state index contributed by atoms with van der Waals surface area (Å²) in [4.78, 5) is 32.6. The minimum atomic E-state index is -0.409. The molecule has 1 aliphatic heterocycles. The highest BCUT2D eigenvalue weighted by atomic mass is 35.5. The van der Waals surface area contributed by atoms with Crippen molar-refractivity contribution in [3.05, 3.63) is 33.2 Å².